The molecule has 0 spiro atoms. The Morgan fingerprint density at radius 3 is 2.67 bits per heavy atom. The molecular formula is C23H33ClN2O. The van der Waals surface area contributed by atoms with Crippen LogP contribution in [0, 0.1) is 0 Å². The summed E-state index contributed by atoms with van der Waals surface area (Å²) < 4.78 is 2.21. The first-order valence-electron chi connectivity index (χ1n) is 10.2. The molecule has 148 valence electrons. The SMILES string of the molecule is CCCCCCC(=O)N(Cc1cccn1Cc1cccc(Cl)c1)C(C)CC. The van der Waals surface area contributed by atoms with Crippen molar-refractivity contribution in [2.45, 2.75) is 78.4 Å². The van der Waals surface area contributed by atoms with Crippen molar-refractivity contribution in [3.8, 4) is 0 Å². The van der Waals surface area contributed by atoms with E-state index in [9.17, 15) is 4.79 Å². The Labute approximate surface area is 169 Å². The van der Waals surface area contributed by atoms with Crippen molar-refractivity contribution in [1.29, 1.82) is 0 Å². The molecule has 3 nitrogen and oxygen atoms in total. The van der Waals surface area contributed by atoms with Crippen LogP contribution in [0.3, 0.4) is 0 Å². The fourth-order valence-electron chi connectivity index (χ4n) is 3.31. The topological polar surface area (TPSA) is 25.2 Å². The van der Waals surface area contributed by atoms with Crippen LogP contribution in [-0.4, -0.2) is 21.4 Å². The number of amides is 1. The van der Waals surface area contributed by atoms with Gasteiger partial charge in [0, 0.05) is 35.9 Å². The molecule has 1 aromatic heterocycles. The van der Waals surface area contributed by atoms with E-state index < -0.39 is 0 Å². The number of rotatable bonds is 11. The van der Waals surface area contributed by atoms with Crippen LogP contribution >= 0.6 is 11.6 Å². The minimum atomic E-state index is 0.248. The summed E-state index contributed by atoms with van der Waals surface area (Å²) in [6, 6.07) is 12.4. The Bertz CT molecular complexity index is 710. The van der Waals surface area contributed by atoms with E-state index in [0.29, 0.717) is 13.0 Å². The minimum Gasteiger partial charge on any atom is -0.345 e. The highest BCUT2D eigenvalue weighted by atomic mass is 35.5. The first-order valence-corrected chi connectivity index (χ1v) is 10.6. The average Bonchev–Trinajstić information content (AvgIpc) is 3.09. The van der Waals surface area contributed by atoms with Gasteiger partial charge in [0.2, 0.25) is 5.91 Å². The zero-order chi connectivity index (χ0) is 19.6. The van der Waals surface area contributed by atoms with Crippen molar-refractivity contribution in [1.82, 2.24) is 9.47 Å². The maximum atomic E-state index is 12.8. The molecule has 0 aliphatic carbocycles. The van der Waals surface area contributed by atoms with Crippen LogP contribution < -0.4 is 0 Å². The van der Waals surface area contributed by atoms with Gasteiger partial charge < -0.3 is 9.47 Å². The fourth-order valence-corrected chi connectivity index (χ4v) is 3.52. The molecule has 2 rings (SSSR count). The standard InChI is InChI=1S/C23H33ClN2O/c1-4-6-7-8-14-23(27)26(19(3)5-2)18-22-13-10-15-25(22)17-20-11-9-12-21(24)16-20/h9-13,15-16,19H,4-8,14,17-18H2,1-3H3. The molecule has 4 heteroatoms. The predicted molar refractivity (Wildman–Crippen MR) is 114 cm³/mol. The molecule has 0 bridgehead atoms. The summed E-state index contributed by atoms with van der Waals surface area (Å²) in [6.07, 6.45) is 8.23. The van der Waals surface area contributed by atoms with Crippen LogP contribution in [0.25, 0.3) is 0 Å². The van der Waals surface area contributed by atoms with E-state index in [1.807, 2.05) is 18.2 Å². The van der Waals surface area contributed by atoms with Crippen LogP contribution in [-0.2, 0) is 17.9 Å². The Kier molecular flexibility index (Phi) is 8.93. The molecule has 0 aliphatic rings. The van der Waals surface area contributed by atoms with Crippen molar-refractivity contribution < 1.29 is 4.79 Å². The summed E-state index contributed by atoms with van der Waals surface area (Å²) in [7, 11) is 0. The third kappa shape index (κ3) is 6.73. The van der Waals surface area contributed by atoms with E-state index in [-0.39, 0.29) is 11.9 Å². The lowest BCUT2D eigenvalue weighted by Crippen LogP contribution is -2.38. The molecule has 1 aromatic carbocycles. The highest BCUT2D eigenvalue weighted by Gasteiger charge is 2.20. The summed E-state index contributed by atoms with van der Waals surface area (Å²) in [6.45, 7) is 7.92. The van der Waals surface area contributed by atoms with Crippen molar-refractivity contribution in [2.24, 2.45) is 0 Å². The average molecular weight is 389 g/mol. The van der Waals surface area contributed by atoms with Crippen LogP contribution in [0.1, 0.15) is 70.6 Å². The maximum absolute atomic E-state index is 12.8. The number of hydrogen-bond donors (Lipinski definition) is 0. The Morgan fingerprint density at radius 1 is 1.15 bits per heavy atom. The quantitative estimate of drug-likeness (QED) is 0.415. The molecule has 0 saturated carbocycles. The third-order valence-electron chi connectivity index (χ3n) is 5.19. The van der Waals surface area contributed by atoms with Gasteiger partial charge >= 0.3 is 0 Å². The summed E-state index contributed by atoms with van der Waals surface area (Å²) in [5, 5.41) is 0.754. The molecule has 0 fully saturated rings. The second kappa shape index (κ2) is 11.2. The molecule has 1 amide bonds. The smallest absolute Gasteiger partial charge is 0.223 e. The van der Waals surface area contributed by atoms with Gasteiger partial charge in [0.15, 0.2) is 0 Å². The molecule has 0 saturated heterocycles. The van der Waals surface area contributed by atoms with E-state index >= 15 is 0 Å². The number of unbranched alkanes of at least 4 members (excludes halogenated alkanes) is 3. The summed E-state index contributed by atoms with van der Waals surface area (Å²) in [4.78, 5) is 14.9. The van der Waals surface area contributed by atoms with Gasteiger partial charge in [-0.3, -0.25) is 4.79 Å². The first kappa shape index (κ1) is 21.6. The number of benzene rings is 1. The van der Waals surface area contributed by atoms with E-state index in [1.54, 1.807) is 0 Å². The van der Waals surface area contributed by atoms with Crippen molar-refractivity contribution in [3.05, 3.63) is 58.9 Å². The number of nitrogens with zero attached hydrogens (tertiary/aromatic N) is 2. The van der Waals surface area contributed by atoms with E-state index in [0.717, 1.165) is 36.5 Å². The molecule has 0 N–H and O–H groups in total. The third-order valence-corrected chi connectivity index (χ3v) is 5.42. The van der Waals surface area contributed by atoms with E-state index in [2.05, 4.69) is 54.6 Å². The molecule has 27 heavy (non-hydrogen) atoms. The number of halogens is 1. The van der Waals surface area contributed by atoms with E-state index in [4.69, 9.17) is 11.6 Å². The number of carbonyl (C=O) groups excluding carboxylic acids is 1. The molecule has 1 atom stereocenters. The van der Waals surface area contributed by atoms with Crippen LogP contribution in [0.4, 0.5) is 0 Å². The largest absolute Gasteiger partial charge is 0.345 e. The first-order chi connectivity index (χ1) is 13.0. The zero-order valence-corrected chi connectivity index (χ0v) is 17.7. The van der Waals surface area contributed by atoms with Gasteiger partial charge in [0.1, 0.15) is 0 Å². The van der Waals surface area contributed by atoms with Gasteiger partial charge in [0.05, 0.1) is 6.54 Å². The summed E-state index contributed by atoms with van der Waals surface area (Å²) in [5.41, 5.74) is 2.33. The van der Waals surface area contributed by atoms with Crippen molar-refractivity contribution >= 4 is 17.5 Å². The van der Waals surface area contributed by atoms with Gasteiger partial charge in [-0.2, -0.15) is 0 Å². The molecule has 0 aliphatic heterocycles. The Morgan fingerprint density at radius 2 is 1.96 bits per heavy atom. The predicted octanol–water partition coefficient (Wildman–Crippen LogP) is 6.29. The van der Waals surface area contributed by atoms with E-state index in [1.165, 1.54) is 18.4 Å². The lowest BCUT2D eigenvalue weighted by Gasteiger charge is -2.29. The maximum Gasteiger partial charge on any atom is 0.223 e. The number of aromatic nitrogens is 1. The molecule has 1 unspecified atom stereocenters. The van der Waals surface area contributed by atoms with Crippen LogP contribution in [0.5, 0.6) is 0 Å². The number of carbonyl (C=O) groups is 1. The summed E-state index contributed by atoms with van der Waals surface area (Å²) >= 11 is 6.12. The van der Waals surface area contributed by atoms with Gasteiger partial charge in [0.25, 0.3) is 0 Å². The fraction of sp³-hybridized carbons (Fsp3) is 0.522. The minimum absolute atomic E-state index is 0.248. The second-order valence-electron chi connectivity index (χ2n) is 7.35. The molecule has 2 aromatic rings. The Balaban J connectivity index is 2.07. The lowest BCUT2D eigenvalue weighted by atomic mass is 10.1. The van der Waals surface area contributed by atoms with Crippen molar-refractivity contribution in [3.63, 3.8) is 0 Å². The lowest BCUT2D eigenvalue weighted by molar-refractivity contribution is -0.134. The van der Waals surface area contributed by atoms with Crippen LogP contribution in [0.2, 0.25) is 5.02 Å². The zero-order valence-electron chi connectivity index (χ0n) is 17.0. The van der Waals surface area contributed by atoms with Gasteiger partial charge in [-0.1, -0.05) is 56.8 Å². The van der Waals surface area contributed by atoms with Gasteiger partial charge in [-0.25, -0.2) is 0 Å². The molecular weight excluding hydrogens is 356 g/mol. The van der Waals surface area contributed by atoms with Crippen LogP contribution in [0.15, 0.2) is 42.6 Å². The highest BCUT2D eigenvalue weighted by molar-refractivity contribution is 6.30. The second-order valence-corrected chi connectivity index (χ2v) is 7.78. The van der Waals surface area contributed by atoms with Crippen molar-refractivity contribution in [2.75, 3.05) is 0 Å². The number of hydrogen-bond acceptors (Lipinski definition) is 1. The monoisotopic (exact) mass is 388 g/mol. The van der Waals surface area contributed by atoms with Gasteiger partial charge in [-0.15, -0.1) is 0 Å². The molecule has 0 radical (unpaired) electrons. The molecule has 1 heterocycles. The highest BCUT2D eigenvalue weighted by Crippen LogP contribution is 2.17. The summed E-state index contributed by atoms with van der Waals surface area (Å²) in [5.74, 6) is 0.274. The Hall–Kier alpha value is -1.74. The van der Waals surface area contributed by atoms with Gasteiger partial charge in [-0.05, 0) is 49.6 Å². The normalized spacial score (nSPS) is 12.1.